The lowest BCUT2D eigenvalue weighted by Crippen LogP contribution is -2.67. The van der Waals surface area contributed by atoms with Crippen molar-refractivity contribution in [3.05, 3.63) is 59.7 Å². The number of hydrogen-bond donors (Lipinski definition) is 3. The van der Waals surface area contributed by atoms with Crippen molar-refractivity contribution in [3.8, 4) is 11.1 Å². The molecule has 3 N–H and O–H groups in total. The van der Waals surface area contributed by atoms with Crippen molar-refractivity contribution in [1.82, 2.24) is 10.2 Å². The number of amides is 2. The van der Waals surface area contributed by atoms with Crippen LogP contribution in [0.15, 0.2) is 48.5 Å². The number of nitrogens with zero attached hydrogens (tertiary/aromatic N) is 1. The second-order valence-electron chi connectivity index (χ2n) is 9.10. The van der Waals surface area contributed by atoms with Crippen molar-refractivity contribution in [3.63, 3.8) is 0 Å². The average molecular weight is 467 g/mol. The normalized spacial score (nSPS) is 16.7. The number of benzene rings is 2. The predicted octanol–water partition coefficient (Wildman–Crippen LogP) is 3.13. The van der Waals surface area contributed by atoms with Crippen molar-refractivity contribution < 1.29 is 29.3 Å². The molecule has 0 unspecified atom stereocenters. The van der Waals surface area contributed by atoms with Gasteiger partial charge in [-0.2, -0.15) is 0 Å². The lowest BCUT2D eigenvalue weighted by atomic mass is 9.93. The fourth-order valence-corrected chi connectivity index (χ4v) is 4.72. The molecule has 1 aliphatic carbocycles. The summed E-state index contributed by atoms with van der Waals surface area (Å²) in [7, 11) is 0. The topological polar surface area (TPSA) is 116 Å². The van der Waals surface area contributed by atoms with E-state index < -0.39 is 23.7 Å². The highest BCUT2D eigenvalue weighted by atomic mass is 16.5. The molecule has 1 heterocycles. The average Bonchev–Trinajstić information content (AvgIpc) is 3.12. The van der Waals surface area contributed by atoms with E-state index >= 15 is 0 Å². The number of rotatable bonds is 9. The molecule has 2 aliphatic rings. The van der Waals surface area contributed by atoms with Crippen LogP contribution in [0, 0.1) is 0 Å². The van der Waals surface area contributed by atoms with Gasteiger partial charge in [-0.25, -0.2) is 9.59 Å². The molecule has 0 saturated carbocycles. The number of likely N-dealkylation sites (tertiary alicyclic amines) is 1. The highest BCUT2D eigenvalue weighted by Gasteiger charge is 2.50. The van der Waals surface area contributed by atoms with E-state index in [0.717, 1.165) is 35.1 Å². The van der Waals surface area contributed by atoms with Gasteiger partial charge < -0.3 is 25.2 Å². The Morgan fingerprint density at radius 2 is 1.68 bits per heavy atom. The number of alkyl carbamates (subject to hydrolysis) is 1. The number of nitrogens with one attached hydrogen (secondary N) is 1. The Morgan fingerprint density at radius 3 is 2.24 bits per heavy atom. The number of hydrogen-bond acceptors (Lipinski definition) is 5. The van der Waals surface area contributed by atoms with Crippen LogP contribution in [-0.2, 0) is 14.3 Å². The van der Waals surface area contributed by atoms with Crippen LogP contribution in [0.5, 0.6) is 0 Å². The second-order valence-corrected chi connectivity index (χ2v) is 9.10. The van der Waals surface area contributed by atoms with Gasteiger partial charge in [0.15, 0.2) is 5.60 Å². The zero-order chi connectivity index (χ0) is 24.3. The van der Waals surface area contributed by atoms with Gasteiger partial charge in [-0.3, -0.25) is 4.79 Å². The maximum Gasteiger partial charge on any atom is 0.407 e. The number of carboxylic acid groups (broad SMARTS) is 1. The molecule has 0 aromatic heterocycles. The second kappa shape index (κ2) is 9.85. The molecule has 34 heavy (non-hydrogen) atoms. The first kappa shape index (κ1) is 23.8. The van der Waals surface area contributed by atoms with Crippen LogP contribution >= 0.6 is 0 Å². The quantitative estimate of drug-likeness (QED) is 0.523. The number of aliphatic hydroxyl groups is 1. The highest BCUT2D eigenvalue weighted by molar-refractivity contribution is 5.85. The molecule has 2 aromatic rings. The molecule has 180 valence electrons. The van der Waals surface area contributed by atoms with E-state index in [2.05, 4.69) is 29.6 Å². The number of aliphatic carboxylic acids is 1. The molecule has 8 heteroatoms. The molecule has 4 rings (SSSR count). The summed E-state index contributed by atoms with van der Waals surface area (Å²) in [5.74, 6) is -1.69. The summed E-state index contributed by atoms with van der Waals surface area (Å²) in [5.41, 5.74) is 2.66. The van der Waals surface area contributed by atoms with Gasteiger partial charge in [-0.15, -0.1) is 0 Å². The first-order valence-corrected chi connectivity index (χ1v) is 11.7. The molecule has 0 bridgehead atoms. The van der Waals surface area contributed by atoms with Crippen molar-refractivity contribution in [2.75, 3.05) is 19.7 Å². The van der Waals surface area contributed by atoms with E-state index in [1.54, 1.807) is 0 Å². The summed E-state index contributed by atoms with van der Waals surface area (Å²) in [6.07, 6.45) is 1.77. The third-order valence-electron chi connectivity index (χ3n) is 6.65. The monoisotopic (exact) mass is 466 g/mol. The molecule has 2 aromatic carbocycles. The largest absolute Gasteiger partial charge is 0.479 e. The zero-order valence-electron chi connectivity index (χ0n) is 19.2. The first-order chi connectivity index (χ1) is 16.3. The molecule has 1 fully saturated rings. The van der Waals surface area contributed by atoms with Gasteiger partial charge >= 0.3 is 12.1 Å². The Kier molecular flexibility index (Phi) is 6.88. The molecule has 0 spiro atoms. The third-order valence-corrected chi connectivity index (χ3v) is 6.65. The molecule has 0 radical (unpaired) electrons. The van der Waals surface area contributed by atoms with E-state index in [4.69, 9.17) is 9.84 Å². The molecular weight excluding hydrogens is 436 g/mol. The van der Waals surface area contributed by atoms with Crippen molar-refractivity contribution in [2.24, 2.45) is 0 Å². The van der Waals surface area contributed by atoms with Crippen LogP contribution in [0.3, 0.4) is 0 Å². The van der Waals surface area contributed by atoms with E-state index in [1.165, 1.54) is 4.90 Å². The maximum atomic E-state index is 12.6. The fraction of sp³-hybridized carbons (Fsp3) is 0.423. The van der Waals surface area contributed by atoms with E-state index in [-0.39, 0.29) is 37.9 Å². The number of fused-ring (bicyclic) bond motifs is 3. The number of carboxylic acids is 1. The van der Waals surface area contributed by atoms with Gasteiger partial charge in [-0.05, 0) is 28.7 Å². The number of ether oxygens (including phenoxy) is 1. The zero-order valence-corrected chi connectivity index (χ0v) is 19.2. The van der Waals surface area contributed by atoms with Crippen LogP contribution in [0.4, 0.5) is 4.79 Å². The minimum absolute atomic E-state index is 0.0277. The van der Waals surface area contributed by atoms with Gasteiger partial charge in [0.25, 0.3) is 0 Å². The van der Waals surface area contributed by atoms with Crippen LogP contribution in [0.2, 0.25) is 0 Å². The van der Waals surface area contributed by atoms with E-state index in [1.807, 2.05) is 31.2 Å². The fourth-order valence-electron chi connectivity index (χ4n) is 4.72. The van der Waals surface area contributed by atoms with Gasteiger partial charge in [0, 0.05) is 18.4 Å². The Morgan fingerprint density at radius 1 is 1.09 bits per heavy atom. The summed E-state index contributed by atoms with van der Waals surface area (Å²) in [6.45, 7) is 1.72. The van der Waals surface area contributed by atoms with Gasteiger partial charge in [0.1, 0.15) is 6.61 Å². The van der Waals surface area contributed by atoms with E-state index in [9.17, 15) is 19.5 Å². The molecule has 1 saturated heterocycles. The third kappa shape index (κ3) is 4.77. The molecular formula is C26H30N2O6. The minimum Gasteiger partial charge on any atom is -0.479 e. The Hall–Kier alpha value is -3.39. The number of carbonyl (C=O) groups excluding carboxylic acids is 2. The van der Waals surface area contributed by atoms with E-state index in [0.29, 0.717) is 6.42 Å². The summed E-state index contributed by atoms with van der Waals surface area (Å²) in [6, 6.07) is 15.8. The number of unbranched alkanes of at least 4 members (excludes halogenated alkanes) is 1. The van der Waals surface area contributed by atoms with Crippen LogP contribution in [0.25, 0.3) is 11.1 Å². The first-order valence-electron chi connectivity index (χ1n) is 11.7. The van der Waals surface area contributed by atoms with Crippen molar-refractivity contribution >= 4 is 18.0 Å². The summed E-state index contributed by atoms with van der Waals surface area (Å²) >= 11 is 0. The standard InChI is InChI=1S/C26H30N2O6/c1-2-3-8-17(13-23(29)28-15-26(33,16-28)24(30)31)27-25(32)34-14-22-20-11-6-4-9-18(20)19-10-5-7-12-21(19)22/h4-7,9-12,17,22,33H,2-3,8,13-16H2,1H3,(H,27,32)(H,30,31)/t17-/m1/s1. The molecule has 1 aliphatic heterocycles. The molecule has 2 amide bonds. The highest BCUT2D eigenvalue weighted by Crippen LogP contribution is 2.44. The molecule has 1 atom stereocenters. The lowest BCUT2D eigenvalue weighted by Gasteiger charge is -2.43. The van der Waals surface area contributed by atoms with Gasteiger partial charge in [-0.1, -0.05) is 68.3 Å². The smallest absolute Gasteiger partial charge is 0.407 e. The summed E-state index contributed by atoms with van der Waals surface area (Å²) in [5, 5.41) is 21.7. The van der Waals surface area contributed by atoms with Gasteiger partial charge in [0.05, 0.1) is 13.1 Å². The van der Waals surface area contributed by atoms with Crippen LogP contribution in [-0.4, -0.2) is 64.4 Å². The van der Waals surface area contributed by atoms with Gasteiger partial charge in [0.2, 0.25) is 5.91 Å². The SMILES string of the molecule is CCCC[C@H](CC(=O)N1CC(O)(C(=O)O)C1)NC(=O)OCC1c2ccccc2-c2ccccc21. The minimum atomic E-state index is -1.88. The Balaban J connectivity index is 1.35. The predicted molar refractivity (Wildman–Crippen MR) is 125 cm³/mol. The Bertz CT molecular complexity index is 1030. The maximum absolute atomic E-state index is 12.6. The number of β-amino-alcohol motifs (C(OH)–C–C–N with tert-alkyl or cyclic N) is 1. The summed E-state index contributed by atoms with van der Waals surface area (Å²) < 4.78 is 5.60. The van der Waals surface area contributed by atoms with Crippen molar-refractivity contribution in [1.29, 1.82) is 0 Å². The van der Waals surface area contributed by atoms with Crippen LogP contribution in [0.1, 0.15) is 49.7 Å². The van der Waals surface area contributed by atoms with Crippen molar-refractivity contribution in [2.45, 2.75) is 50.2 Å². The summed E-state index contributed by atoms with van der Waals surface area (Å²) in [4.78, 5) is 37.6. The van der Waals surface area contributed by atoms with Crippen LogP contribution < -0.4 is 5.32 Å². The number of carbonyl (C=O) groups is 3. The molecule has 8 nitrogen and oxygen atoms in total. The lowest BCUT2D eigenvalue weighted by molar-refractivity contribution is -0.182. The Labute approximate surface area is 198 Å².